The normalized spacial score (nSPS) is 10.5. The lowest BCUT2D eigenvalue weighted by atomic mass is 10.1. The molecule has 5 heteroatoms. The second-order valence-corrected chi connectivity index (χ2v) is 4.79. The number of hydrogen-bond donors (Lipinski definition) is 1. The van der Waals surface area contributed by atoms with Crippen LogP contribution in [-0.2, 0) is 4.79 Å². The average Bonchev–Trinajstić information content (AvgIpc) is 2.28. The molecule has 0 radical (unpaired) electrons. The number of amides is 1. The Morgan fingerprint density at radius 1 is 1.39 bits per heavy atom. The summed E-state index contributed by atoms with van der Waals surface area (Å²) in [7, 11) is 0. The summed E-state index contributed by atoms with van der Waals surface area (Å²) in [6.45, 7) is 5.06. The van der Waals surface area contributed by atoms with Crippen LogP contribution in [0.3, 0.4) is 0 Å². The van der Waals surface area contributed by atoms with Gasteiger partial charge in [-0.25, -0.2) is 0 Å². The summed E-state index contributed by atoms with van der Waals surface area (Å²) in [6, 6.07) is 4.74. The molecule has 0 aromatic heterocycles. The van der Waals surface area contributed by atoms with Gasteiger partial charge in [-0.05, 0) is 44.5 Å². The Bertz CT molecular complexity index is 471. The third-order valence-corrected chi connectivity index (χ3v) is 3.02. The first-order valence-electron chi connectivity index (χ1n) is 5.62. The van der Waals surface area contributed by atoms with Crippen LogP contribution in [0.15, 0.2) is 18.2 Å². The maximum atomic E-state index is 12.2. The van der Waals surface area contributed by atoms with Gasteiger partial charge < -0.3 is 10.0 Å². The minimum Gasteiger partial charge on any atom is -0.480 e. The van der Waals surface area contributed by atoms with Crippen molar-refractivity contribution in [2.45, 2.75) is 26.8 Å². The molecule has 0 aliphatic heterocycles. The molecule has 1 amide bonds. The van der Waals surface area contributed by atoms with Crippen molar-refractivity contribution in [2.24, 2.45) is 0 Å². The average molecular weight is 270 g/mol. The number of carbonyl (C=O) groups excluding carboxylic acids is 1. The van der Waals surface area contributed by atoms with Crippen molar-refractivity contribution in [1.29, 1.82) is 0 Å². The summed E-state index contributed by atoms with van der Waals surface area (Å²) in [4.78, 5) is 24.3. The zero-order valence-corrected chi connectivity index (χ0v) is 11.4. The molecule has 1 aromatic carbocycles. The molecule has 0 saturated carbocycles. The maximum Gasteiger partial charge on any atom is 0.323 e. The molecule has 98 valence electrons. The lowest BCUT2D eigenvalue weighted by Crippen LogP contribution is -2.40. The van der Waals surface area contributed by atoms with Gasteiger partial charge in [0.1, 0.15) is 6.54 Å². The number of benzene rings is 1. The zero-order chi connectivity index (χ0) is 13.9. The minimum atomic E-state index is -1.03. The molecule has 0 aliphatic rings. The van der Waals surface area contributed by atoms with Crippen LogP contribution in [0.4, 0.5) is 0 Å². The number of nitrogens with zero attached hydrogens (tertiary/aromatic N) is 1. The van der Waals surface area contributed by atoms with Crippen molar-refractivity contribution < 1.29 is 14.7 Å². The predicted molar refractivity (Wildman–Crippen MR) is 70.0 cm³/mol. The van der Waals surface area contributed by atoms with E-state index in [9.17, 15) is 9.59 Å². The van der Waals surface area contributed by atoms with Gasteiger partial charge >= 0.3 is 5.97 Å². The summed E-state index contributed by atoms with van der Waals surface area (Å²) < 4.78 is 0. The first-order chi connectivity index (χ1) is 8.32. The quantitative estimate of drug-likeness (QED) is 0.914. The molecular formula is C13H16ClNO3. The van der Waals surface area contributed by atoms with Crippen LogP contribution in [0.25, 0.3) is 0 Å². The smallest absolute Gasteiger partial charge is 0.323 e. The van der Waals surface area contributed by atoms with E-state index >= 15 is 0 Å². The Kier molecular flexibility index (Phi) is 4.73. The number of carbonyl (C=O) groups is 2. The Morgan fingerprint density at radius 3 is 2.44 bits per heavy atom. The van der Waals surface area contributed by atoms with Crippen molar-refractivity contribution in [3.63, 3.8) is 0 Å². The molecule has 0 heterocycles. The molecule has 0 unspecified atom stereocenters. The molecule has 4 nitrogen and oxygen atoms in total. The summed E-state index contributed by atoms with van der Waals surface area (Å²) in [6.07, 6.45) is 0. The largest absolute Gasteiger partial charge is 0.480 e. The summed E-state index contributed by atoms with van der Waals surface area (Å²) >= 11 is 5.89. The summed E-state index contributed by atoms with van der Waals surface area (Å²) in [5.41, 5.74) is 1.24. The van der Waals surface area contributed by atoms with Crippen LogP contribution in [0.2, 0.25) is 5.02 Å². The van der Waals surface area contributed by atoms with Crippen LogP contribution in [0.5, 0.6) is 0 Å². The van der Waals surface area contributed by atoms with Crippen molar-refractivity contribution >= 4 is 23.5 Å². The first kappa shape index (κ1) is 14.5. The molecule has 18 heavy (non-hydrogen) atoms. The number of aliphatic carboxylic acids is 1. The molecule has 0 aliphatic carbocycles. The van der Waals surface area contributed by atoms with E-state index in [2.05, 4.69) is 0 Å². The molecule has 0 fully saturated rings. The number of aryl methyl sites for hydroxylation is 1. The van der Waals surface area contributed by atoms with Crippen LogP contribution < -0.4 is 0 Å². The van der Waals surface area contributed by atoms with E-state index in [0.29, 0.717) is 10.6 Å². The number of carboxylic acid groups (broad SMARTS) is 1. The van der Waals surface area contributed by atoms with Crippen LogP contribution in [-0.4, -0.2) is 34.5 Å². The van der Waals surface area contributed by atoms with E-state index in [-0.39, 0.29) is 18.5 Å². The van der Waals surface area contributed by atoms with Crippen LogP contribution in [0.1, 0.15) is 29.8 Å². The predicted octanol–water partition coefficient (Wildman–Crippen LogP) is 2.58. The fourth-order valence-electron chi connectivity index (χ4n) is 1.58. The van der Waals surface area contributed by atoms with Gasteiger partial charge in [-0.15, -0.1) is 0 Å². The number of halogens is 1. The Labute approximate surface area is 111 Å². The Hall–Kier alpha value is -1.55. The van der Waals surface area contributed by atoms with Gasteiger partial charge in [-0.1, -0.05) is 11.6 Å². The van der Waals surface area contributed by atoms with E-state index in [4.69, 9.17) is 16.7 Å². The molecular weight excluding hydrogens is 254 g/mol. The second-order valence-electron chi connectivity index (χ2n) is 4.38. The summed E-state index contributed by atoms with van der Waals surface area (Å²) in [5, 5.41) is 9.40. The molecule has 0 atom stereocenters. The van der Waals surface area contributed by atoms with E-state index in [1.54, 1.807) is 39.0 Å². The van der Waals surface area contributed by atoms with Crippen molar-refractivity contribution in [2.75, 3.05) is 6.54 Å². The highest BCUT2D eigenvalue weighted by Gasteiger charge is 2.21. The van der Waals surface area contributed by atoms with Gasteiger partial charge in [0, 0.05) is 16.6 Å². The number of rotatable bonds is 4. The molecule has 0 bridgehead atoms. The van der Waals surface area contributed by atoms with Crippen LogP contribution in [0, 0.1) is 6.92 Å². The highest BCUT2D eigenvalue weighted by atomic mass is 35.5. The van der Waals surface area contributed by atoms with E-state index in [1.165, 1.54) is 4.90 Å². The first-order valence-corrected chi connectivity index (χ1v) is 5.99. The monoisotopic (exact) mass is 269 g/mol. The Balaban J connectivity index is 3.02. The fraction of sp³-hybridized carbons (Fsp3) is 0.385. The third kappa shape index (κ3) is 3.47. The third-order valence-electron chi connectivity index (χ3n) is 2.59. The van der Waals surface area contributed by atoms with Crippen molar-refractivity contribution in [3.05, 3.63) is 34.3 Å². The van der Waals surface area contributed by atoms with Gasteiger partial charge in [0.2, 0.25) is 0 Å². The standard InChI is InChI=1S/C13H16ClNO3/c1-8(2)15(7-12(16)17)13(18)10-4-5-11(14)9(3)6-10/h4-6,8H,7H2,1-3H3,(H,16,17). The maximum absolute atomic E-state index is 12.2. The highest BCUT2D eigenvalue weighted by molar-refractivity contribution is 6.31. The molecule has 1 rings (SSSR count). The molecule has 0 saturated heterocycles. The van der Waals surface area contributed by atoms with Gasteiger partial charge in [0.15, 0.2) is 0 Å². The highest BCUT2D eigenvalue weighted by Crippen LogP contribution is 2.18. The molecule has 1 N–H and O–H groups in total. The SMILES string of the molecule is Cc1cc(C(=O)N(CC(=O)O)C(C)C)ccc1Cl. The van der Waals surface area contributed by atoms with E-state index < -0.39 is 5.97 Å². The second kappa shape index (κ2) is 5.87. The lowest BCUT2D eigenvalue weighted by Gasteiger charge is -2.25. The van der Waals surface area contributed by atoms with E-state index in [0.717, 1.165) is 5.56 Å². The molecule has 1 aromatic rings. The van der Waals surface area contributed by atoms with Gasteiger partial charge in [0.25, 0.3) is 5.91 Å². The van der Waals surface area contributed by atoms with Gasteiger partial charge in [-0.3, -0.25) is 9.59 Å². The fourth-order valence-corrected chi connectivity index (χ4v) is 1.70. The van der Waals surface area contributed by atoms with Gasteiger partial charge in [0.05, 0.1) is 0 Å². The van der Waals surface area contributed by atoms with Crippen molar-refractivity contribution in [1.82, 2.24) is 4.90 Å². The zero-order valence-electron chi connectivity index (χ0n) is 10.6. The van der Waals surface area contributed by atoms with E-state index in [1.807, 2.05) is 0 Å². The number of carboxylic acids is 1. The summed E-state index contributed by atoms with van der Waals surface area (Å²) in [5.74, 6) is -1.32. The van der Waals surface area contributed by atoms with Crippen molar-refractivity contribution in [3.8, 4) is 0 Å². The lowest BCUT2D eigenvalue weighted by molar-refractivity contribution is -0.138. The van der Waals surface area contributed by atoms with Crippen LogP contribution >= 0.6 is 11.6 Å². The minimum absolute atomic E-state index is 0.176. The number of hydrogen-bond acceptors (Lipinski definition) is 2. The van der Waals surface area contributed by atoms with Gasteiger partial charge in [-0.2, -0.15) is 0 Å². The topological polar surface area (TPSA) is 57.6 Å². The Morgan fingerprint density at radius 2 is 2.00 bits per heavy atom. The molecule has 0 spiro atoms.